The minimum absolute atomic E-state index is 0.263. The van der Waals surface area contributed by atoms with Crippen LogP contribution in [-0.4, -0.2) is 23.8 Å². The summed E-state index contributed by atoms with van der Waals surface area (Å²) in [7, 11) is 0. The van der Waals surface area contributed by atoms with Gasteiger partial charge in [-0.1, -0.05) is 21.9 Å². The molecule has 0 aromatic carbocycles. The Morgan fingerprint density at radius 1 is 1.58 bits per heavy atom. The fourth-order valence-corrected chi connectivity index (χ4v) is 0.978. The first-order valence-electron chi connectivity index (χ1n) is 3.89. The third-order valence-electron chi connectivity index (χ3n) is 1.25. The summed E-state index contributed by atoms with van der Waals surface area (Å²) in [4.78, 5) is 0. The molecule has 3 heteroatoms. The zero-order valence-corrected chi connectivity index (χ0v) is 9.35. The van der Waals surface area contributed by atoms with Crippen LogP contribution >= 0.6 is 15.9 Å². The highest BCUT2D eigenvalue weighted by atomic mass is 79.9. The maximum atomic E-state index is 5.47. The monoisotopic (exact) mass is 234 g/mol. The molecule has 0 aliphatic rings. The highest BCUT2D eigenvalue weighted by molar-refractivity contribution is 9.09. The third-order valence-corrected chi connectivity index (χ3v) is 1.78. The fraction of sp³-hybridized carbons (Fsp3) is 0.778. The van der Waals surface area contributed by atoms with Crippen LogP contribution in [0.2, 0.25) is 0 Å². The van der Waals surface area contributed by atoms with Gasteiger partial charge in [0, 0.05) is 6.61 Å². The first kappa shape index (κ1) is 12.0. The first-order valence-corrected chi connectivity index (χ1v) is 5.01. The van der Waals surface area contributed by atoms with Gasteiger partial charge in [0.15, 0.2) is 6.29 Å². The van der Waals surface area contributed by atoms with Crippen LogP contribution in [0.3, 0.4) is 0 Å². The van der Waals surface area contributed by atoms with Crippen LogP contribution in [0.5, 0.6) is 0 Å². The second kappa shape index (κ2) is 5.58. The smallest absolute Gasteiger partial charge is 0.169 e. The minimum atomic E-state index is -0.562. The van der Waals surface area contributed by atoms with E-state index in [0.29, 0.717) is 11.9 Å². The number of hydrogen-bond donors (Lipinski definition) is 0. The van der Waals surface area contributed by atoms with Gasteiger partial charge in [0.1, 0.15) is 5.60 Å². The fourth-order valence-electron chi connectivity index (χ4n) is 0.659. The van der Waals surface area contributed by atoms with Crippen molar-refractivity contribution in [2.24, 2.45) is 0 Å². The van der Waals surface area contributed by atoms with Gasteiger partial charge in [-0.3, -0.25) is 0 Å². The van der Waals surface area contributed by atoms with Crippen LogP contribution in [0, 0.1) is 12.3 Å². The second-order valence-electron chi connectivity index (χ2n) is 2.81. The second-order valence-corrected chi connectivity index (χ2v) is 3.46. The van der Waals surface area contributed by atoms with E-state index in [4.69, 9.17) is 15.9 Å². The molecule has 0 bridgehead atoms. The van der Waals surface area contributed by atoms with Crippen molar-refractivity contribution in [1.82, 2.24) is 0 Å². The van der Waals surface area contributed by atoms with E-state index in [1.165, 1.54) is 0 Å². The minimum Gasteiger partial charge on any atom is -0.352 e. The first-order chi connectivity index (χ1) is 5.55. The summed E-state index contributed by atoms with van der Waals surface area (Å²) in [6.45, 7) is 6.21. The molecule has 0 aromatic heterocycles. The third kappa shape index (κ3) is 4.76. The normalized spacial score (nSPS) is 13.9. The largest absolute Gasteiger partial charge is 0.352 e. The molecule has 0 aliphatic carbocycles. The van der Waals surface area contributed by atoms with Crippen molar-refractivity contribution in [3.8, 4) is 12.3 Å². The molecule has 0 aliphatic heterocycles. The molecule has 0 fully saturated rings. The van der Waals surface area contributed by atoms with Gasteiger partial charge in [-0.25, -0.2) is 0 Å². The Hall–Kier alpha value is -0.0400. The molecule has 0 spiro atoms. The predicted molar refractivity (Wildman–Crippen MR) is 53.2 cm³/mol. The molecule has 1 atom stereocenters. The lowest BCUT2D eigenvalue weighted by molar-refractivity contribution is -0.166. The zero-order valence-electron chi connectivity index (χ0n) is 7.76. The van der Waals surface area contributed by atoms with Crippen LogP contribution in [0.25, 0.3) is 0 Å². The van der Waals surface area contributed by atoms with Crippen molar-refractivity contribution in [1.29, 1.82) is 0 Å². The van der Waals surface area contributed by atoms with Gasteiger partial charge in [0.05, 0.1) is 5.33 Å². The van der Waals surface area contributed by atoms with Crippen molar-refractivity contribution in [3.05, 3.63) is 0 Å². The molecule has 0 rings (SSSR count). The molecular weight excluding hydrogens is 220 g/mol. The van der Waals surface area contributed by atoms with Gasteiger partial charge >= 0.3 is 0 Å². The van der Waals surface area contributed by atoms with Gasteiger partial charge in [-0.05, 0) is 20.8 Å². The van der Waals surface area contributed by atoms with Gasteiger partial charge in [-0.2, -0.15) is 0 Å². The molecule has 0 N–H and O–H groups in total. The van der Waals surface area contributed by atoms with Gasteiger partial charge in [-0.15, -0.1) is 6.42 Å². The number of ether oxygens (including phenoxy) is 2. The standard InChI is InChI=1S/C9H15BrO2/c1-5-9(3,4)12-8(7-10)11-6-2/h1,8H,6-7H2,2-4H3. The van der Waals surface area contributed by atoms with Crippen molar-refractivity contribution in [3.63, 3.8) is 0 Å². The highest BCUT2D eigenvalue weighted by Gasteiger charge is 2.20. The zero-order chi connectivity index (χ0) is 9.61. The van der Waals surface area contributed by atoms with E-state index < -0.39 is 5.60 Å². The lowest BCUT2D eigenvalue weighted by Crippen LogP contribution is -2.31. The maximum Gasteiger partial charge on any atom is 0.169 e. The van der Waals surface area contributed by atoms with Crippen LogP contribution in [0.1, 0.15) is 20.8 Å². The van der Waals surface area contributed by atoms with Gasteiger partial charge < -0.3 is 9.47 Å². The lowest BCUT2D eigenvalue weighted by Gasteiger charge is -2.24. The molecular formula is C9H15BrO2. The quantitative estimate of drug-likeness (QED) is 0.413. The van der Waals surface area contributed by atoms with Gasteiger partial charge in [0.2, 0.25) is 0 Å². The topological polar surface area (TPSA) is 18.5 Å². The van der Waals surface area contributed by atoms with Crippen LogP contribution in [0.15, 0.2) is 0 Å². The van der Waals surface area contributed by atoms with E-state index in [2.05, 4.69) is 21.9 Å². The van der Waals surface area contributed by atoms with Crippen molar-refractivity contribution in [2.75, 3.05) is 11.9 Å². The number of hydrogen-bond acceptors (Lipinski definition) is 2. The molecule has 70 valence electrons. The number of terminal acetylenes is 1. The van der Waals surface area contributed by atoms with Crippen LogP contribution in [0.4, 0.5) is 0 Å². The molecule has 0 aromatic rings. The van der Waals surface area contributed by atoms with E-state index in [-0.39, 0.29) is 6.29 Å². The SMILES string of the molecule is C#CC(C)(C)OC(CBr)OCC. The van der Waals surface area contributed by atoms with Crippen LogP contribution < -0.4 is 0 Å². The molecule has 0 amide bonds. The summed E-state index contributed by atoms with van der Waals surface area (Å²) in [6.07, 6.45) is 5.00. The Morgan fingerprint density at radius 2 is 2.17 bits per heavy atom. The summed E-state index contributed by atoms with van der Waals surface area (Å²) < 4.78 is 10.7. The summed E-state index contributed by atoms with van der Waals surface area (Å²) >= 11 is 3.28. The van der Waals surface area contributed by atoms with Crippen LogP contribution in [-0.2, 0) is 9.47 Å². The van der Waals surface area contributed by atoms with E-state index in [9.17, 15) is 0 Å². The Morgan fingerprint density at radius 3 is 2.50 bits per heavy atom. The average Bonchev–Trinajstić information content (AvgIpc) is 2.03. The van der Waals surface area contributed by atoms with E-state index >= 15 is 0 Å². The Kier molecular flexibility index (Phi) is 5.56. The summed E-state index contributed by atoms with van der Waals surface area (Å²) in [5.41, 5.74) is -0.562. The molecule has 0 saturated carbocycles. The maximum absolute atomic E-state index is 5.47. The number of halogens is 1. The molecule has 0 saturated heterocycles. The lowest BCUT2D eigenvalue weighted by atomic mass is 10.1. The van der Waals surface area contributed by atoms with E-state index in [1.54, 1.807) is 0 Å². The molecule has 1 unspecified atom stereocenters. The summed E-state index contributed by atoms with van der Waals surface area (Å²) in [5.74, 6) is 2.54. The Bertz CT molecular complexity index is 160. The Labute approximate surface area is 82.8 Å². The average molecular weight is 235 g/mol. The molecule has 12 heavy (non-hydrogen) atoms. The summed E-state index contributed by atoms with van der Waals surface area (Å²) in [5, 5.41) is 0.631. The Balaban J connectivity index is 3.94. The molecule has 0 radical (unpaired) electrons. The van der Waals surface area contributed by atoms with Crippen molar-refractivity contribution >= 4 is 15.9 Å². The van der Waals surface area contributed by atoms with E-state index in [0.717, 1.165) is 0 Å². The number of alkyl halides is 1. The molecule has 2 nitrogen and oxygen atoms in total. The summed E-state index contributed by atoms with van der Waals surface area (Å²) in [6, 6.07) is 0. The van der Waals surface area contributed by atoms with Gasteiger partial charge in [0.25, 0.3) is 0 Å². The van der Waals surface area contributed by atoms with E-state index in [1.807, 2.05) is 20.8 Å². The van der Waals surface area contributed by atoms with Crippen molar-refractivity contribution < 1.29 is 9.47 Å². The predicted octanol–water partition coefficient (Wildman–Crippen LogP) is 2.17. The molecule has 0 heterocycles. The number of rotatable bonds is 5. The van der Waals surface area contributed by atoms with Crippen molar-refractivity contribution in [2.45, 2.75) is 32.7 Å². The highest BCUT2D eigenvalue weighted by Crippen LogP contribution is 2.13.